The van der Waals surface area contributed by atoms with E-state index in [2.05, 4.69) is 44.1 Å². The number of nitrogens with zero attached hydrogens (tertiary/aromatic N) is 3. The van der Waals surface area contributed by atoms with Gasteiger partial charge in [-0.05, 0) is 55.3 Å². The third-order valence-corrected chi connectivity index (χ3v) is 6.28. The van der Waals surface area contributed by atoms with E-state index in [0.29, 0.717) is 24.2 Å². The molecule has 0 saturated carbocycles. The average molecular weight is 455 g/mol. The molecule has 3 heterocycles. The van der Waals surface area contributed by atoms with Gasteiger partial charge in [0, 0.05) is 42.4 Å². The summed E-state index contributed by atoms with van der Waals surface area (Å²) in [6, 6.07) is 10.1. The highest BCUT2D eigenvalue weighted by atomic mass is 79.9. The van der Waals surface area contributed by atoms with E-state index in [1.165, 1.54) is 0 Å². The first kappa shape index (κ1) is 19.8. The van der Waals surface area contributed by atoms with Crippen molar-refractivity contribution in [3.8, 4) is 11.1 Å². The molecule has 4 rings (SSSR count). The summed E-state index contributed by atoms with van der Waals surface area (Å²) in [4.78, 5) is 30.9. The zero-order valence-electron chi connectivity index (χ0n) is 16.5. The van der Waals surface area contributed by atoms with Crippen molar-refractivity contribution < 1.29 is 4.79 Å². The van der Waals surface area contributed by atoms with E-state index in [-0.39, 0.29) is 17.5 Å². The van der Waals surface area contributed by atoms with E-state index in [9.17, 15) is 9.59 Å². The van der Waals surface area contributed by atoms with Crippen molar-refractivity contribution in [1.29, 1.82) is 0 Å². The molecule has 1 aromatic carbocycles. The fourth-order valence-electron chi connectivity index (χ4n) is 3.86. The minimum atomic E-state index is -0.0604. The van der Waals surface area contributed by atoms with Gasteiger partial charge in [0.25, 0.3) is 5.56 Å². The van der Waals surface area contributed by atoms with Gasteiger partial charge in [-0.15, -0.1) is 0 Å². The van der Waals surface area contributed by atoms with Crippen LogP contribution >= 0.6 is 15.9 Å². The van der Waals surface area contributed by atoms with Gasteiger partial charge in [-0.25, -0.2) is 4.98 Å². The first-order chi connectivity index (χ1) is 13.9. The third-order valence-electron chi connectivity index (χ3n) is 5.42. The number of aromatic nitrogens is 2. The molecule has 1 aliphatic rings. The van der Waals surface area contributed by atoms with E-state index in [1.807, 2.05) is 31.3 Å². The van der Waals surface area contributed by atoms with Crippen LogP contribution in [0, 0.1) is 6.92 Å². The summed E-state index contributed by atoms with van der Waals surface area (Å²) in [5.41, 5.74) is 4.49. The lowest BCUT2D eigenvalue weighted by Crippen LogP contribution is -2.37. The number of likely N-dealkylation sites (N-methyl/N-ethyl adjacent to an activating group) is 1. The van der Waals surface area contributed by atoms with E-state index >= 15 is 0 Å². The smallest absolute Gasteiger partial charge is 0.262 e. The van der Waals surface area contributed by atoms with Gasteiger partial charge in [0.2, 0.25) is 5.91 Å². The Balaban J connectivity index is 1.58. The molecule has 6 nitrogen and oxygen atoms in total. The van der Waals surface area contributed by atoms with Crippen molar-refractivity contribution in [2.45, 2.75) is 32.4 Å². The van der Waals surface area contributed by atoms with Crippen molar-refractivity contribution in [1.82, 2.24) is 19.6 Å². The molecular weight excluding hydrogens is 432 g/mol. The lowest BCUT2D eigenvalue weighted by atomic mass is 10.0. The van der Waals surface area contributed by atoms with Crippen LogP contribution in [0.5, 0.6) is 0 Å². The van der Waals surface area contributed by atoms with E-state index in [1.54, 1.807) is 16.8 Å². The van der Waals surface area contributed by atoms with Crippen LogP contribution in [0.15, 0.2) is 52.0 Å². The van der Waals surface area contributed by atoms with Crippen molar-refractivity contribution >= 4 is 27.5 Å². The first-order valence-corrected chi connectivity index (χ1v) is 10.5. The molecular formula is C22H23BrN4O2. The van der Waals surface area contributed by atoms with Crippen LogP contribution in [0.2, 0.25) is 0 Å². The highest BCUT2D eigenvalue weighted by molar-refractivity contribution is 9.10. The zero-order chi connectivity index (χ0) is 20.5. The third kappa shape index (κ3) is 4.11. The van der Waals surface area contributed by atoms with Crippen LogP contribution in [-0.2, 0) is 11.3 Å². The molecule has 1 fully saturated rings. The van der Waals surface area contributed by atoms with E-state index in [4.69, 9.17) is 0 Å². The quantitative estimate of drug-likeness (QED) is 0.642. The Morgan fingerprint density at radius 3 is 2.90 bits per heavy atom. The Labute approximate surface area is 177 Å². The fourth-order valence-corrected chi connectivity index (χ4v) is 4.22. The number of benzene rings is 1. The van der Waals surface area contributed by atoms with Gasteiger partial charge in [-0.1, -0.05) is 28.1 Å². The molecule has 0 spiro atoms. The average Bonchev–Trinajstić information content (AvgIpc) is 3.10. The number of carbonyl (C=O) groups excluding carboxylic acids is 1. The second-order valence-electron chi connectivity index (χ2n) is 7.64. The molecule has 3 aromatic rings. The van der Waals surface area contributed by atoms with Gasteiger partial charge in [0.1, 0.15) is 5.65 Å². The summed E-state index contributed by atoms with van der Waals surface area (Å²) in [5.74, 6) is 0.104. The number of hydrogen-bond acceptors (Lipinski definition) is 4. The molecule has 7 heteroatoms. The maximum atomic E-state index is 12.9. The lowest BCUT2D eigenvalue weighted by molar-refractivity contribution is -0.119. The number of halogens is 1. The number of nitrogens with one attached hydrogen (secondary N) is 1. The van der Waals surface area contributed by atoms with Crippen LogP contribution in [0.1, 0.15) is 24.0 Å². The maximum absolute atomic E-state index is 12.9. The molecule has 1 amide bonds. The summed E-state index contributed by atoms with van der Waals surface area (Å²) in [7, 11) is 1.96. The number of pyridine rings is 1. The van der Waals surface area contributed by atoms with Gasteiger partial charge in [0.15, 0.2) is 0 Å². The highest BCUT2D eigenvalue weighted by Gasteiger charge is 2.22. The summed E-state index contributed by atoms with van der Waals surface area (Å²) < 4.78 is 2.65. The Morgan fingerprint density at radius 2 is 2.14 bits per heavy atom. The van der Waals surface area contributed by atoms with Crippen LogP contribution in [0.3, 0.4) is 0 Å². The van der Waals surface area contributed by atoms with E-state index < -0.39 is 0 Å². The Hall–Kier alpha value is -2.51. The highest BCUT2D eigenvalue weighted by Crippen LogP contribution is 2.28. The van der Waals surface area contributed by atoms with Crippen LogP contribution in [0.4, 0.5) is 0 Å². The molecule has 29 heavy (non-hydrogen) atoms. The van der Waals surface area contributed by atoms with Gasteiger partial charge < -0.3 is 5.32 Å². The Bertz CT molecular complexity index is 1140. The topological polar surface area (TPSA) is 66.7 Å². The second kappa shape index (κ2) is 8.08. The number of fused-ring (bicyclic) bond motifs is 1. The summed E-state index contributed by atoms with van der Waals surface area (Å²) >= 11 is 3.57. The Kier molecular flexibility index (Phi) is 5.52. The van der Waals surface area contributed by atoms with Gasteiger partial charge in [-0.2, -0.15) is 0 Å². The largest absolute Gasteiger partial charge is 0.352 e. The summed E-state index contributed by atoms with van der Waals surface area (Å²) in [6.07, 6.45) is 4.88. The van der Waals surface area contributed by atoms with Crippen molar-refractivity contribution in [3.63, 3.8) is 0 Å². The standard InChI is InChI=1S/C22H23BrN4O2/c1-14-18(4-3-5-19(14)23)15-8-9-27-20(10-15)24-11-16(22(27)29)12-26(2)13-17-6-7-21(28)25-17/h3-5,8-11,17H,6-7,12-13H2,1-2H3,(H,25,28)/t17-/m0/s1. The molecule has 1 atom stereocenters. The monoisotopic (exact) mass is 454 g/mol. The van der Waals surface area contributed by atoms with Crippen molar-refractivity contribution in [2.75, 3.05) is 13.6 Å². The molecule has 1 saturated heterocycles. The number of rotatable bonds is 5. The minimum absolute atomic E-state index is 0.0604. The predicted molar refractivity (Wildman–Crippen MR) is 117 cm³/mol. The zero-order valence-corrected chi connectivity index (χ0v) is 18.1. The summed E-state index contributed by atoms with van der Waals surface area (Å²) in [5, 5.41) is 2.96. The predicted octanol–water partition coefficient (Wildman–Crippen LogP) is 3.14. The molecule has 2 aromatic heterocycles. The van der Waals surface area contributed by atoms with Crippen LogP contribution in [0.25, 0.3) is 16.8 Å². The molecule has 0 aliphatic carbocycles. The molecule has 0 bridgehead atoms. The summed E-state index contributed by atoms with van der Waals surface area (Å²) in [6.45, 7) is 3.28. The first-order valence-electron chi connectivity index (χ1n) is 9.66. The lowest BCUT2D eigenvalue weighted by Gasteiger charge is -2.20. The van der Waals surface area contributed by atoms with Gasteiger partial charge in [0.05, 0.1) is 5.56 Å². The molecule has 1 N–H and O–H groups in total. The van der Waals surface area contributed by atoms with Crippen LogP contribution < -0.4 is 10.9 Å². The normalized spacial score (nSPS) is 16.6. The van der Waals surface area contributed by atoms with Crippen molar-refractivity contribution in [3.05, 3.63) is 68.7 Å². The molecule has 0 unspecified atom stereocenters. The van der Waals surface area contributed by atoms with Crippen molar-refractivity contribution in [2.24, 2.45) is 0 Å². The Morgan fingerprint density at radius 1 is 1.31 bits per heavy atom. The molecule has 150 valence electrons. The number of hydrogen-bond donors (Lipinski definition) is 1. The SMILES string of the molecule is Cc1c(Br)cccc1-c1ccn2c(=O)c(CN(C)C[C@@H]3CCC(=O)N3)cnc2c1. The maximum Gasteiger partial charge on any atom is 0.262 e. The second-order valence-corrected chi connectivity index (χ2v) is 8.50. The van der Waals surface area contributed by atoms with Crippen LogP contribution in [-0.4, -0.2) is 39.8 Å². The number of carbonyl (C=O) groups is 1. The molecule has 1 aliphatic heterocycles. The van der Waals surface area contributed by atoms with E-state index in [0.717, 1.165) is 34.1 Å². The van der Waals surface area contributed by atoms with Gasteiger partial charge >= 0.3 is 0 Å². The molecule has 0 radical (unpaired) electrons. The number of amides is 1. The fraction of sp³-hybridized carbons (Fsp3) is 0.318. The van der Waals surface area contributed by atoms with Gasteiger partial charge in [-0.3, -0.25) is 18.9 Å². The minimum Gasteiger partial charge on any atom is -0.352 e.